The second-order valence-electron chi connectivity index (χ2n) is 5.78. The van der Waals surface area contributed by atoms with Crippen LogP contribution in [0, 0.1) is 11.6 Å². The first-order valence-corrected chi connectivity index (χ1v) is 8.13. The van der Waals surface area contributed by atoms with Gasteiger partial charge in [0.25, 0.3) is 6.43 Å². The number of rotatable bonds is 5. The van der Waals surface area contributed by atoms with Crippen LogP contribution in [0.5, 0.6) is 0 Å². The average Bonchev–Trinajstić information content (AvgIpc) is 3.27. The minimum atomic E-state index is -3.68. The smallest absolute Gasteiger partial charge is 0.263 e. The third-order valence-corrected chi connectivity index (χ3v) is 3.83. The van der Waals surface area contributed by atoms with Crippen LogP contribution in [-0.2, 0) is 0 Å². The Bertz CT molecular complexity index is 1390. The number of nitrogens with one attached hydrogen (secondary N) is 1. The highest BCUT2D eigenvalue weighted by atomic mass is 19.3. The van der Waals surface area contributed by atoms with Crippen molar-refractivity contribution in [1.29, 1.82) is 0 Å². The summed E-state index contributed by atoms with van der Waals surface area (Å²) in [5, 5.41) is 6.50. The summed E-state index contributed by atoms with van der Waals surface area (Å²) in [5.41, 5.74) is -1.73. The third-order valence-electron chi connectivity index (χ3n) is 3.83. The second kappa shape index (κ2) is 8.10. The molecule has 1 saturated heterocycles. The van der Waals surface area contributed by atoms with Crippen molar-refractivity contribution in [3.8, 4) is 5.69 Å². The number of anilines is 3. The number of halogens is 4. The molecule has 0 atom stereocenters. The van der Waals surface area contributed by atoms with Gasteiger partial charge >= 0.3 is 0 Å². The van der Waals surface area contributed by atoms with E-state index in [1.165, 1.54) is 6.07 Å². The van der Waals surface area contributed by atoms with Crippen molar-refractivity contribution in [1.82, 2.24) is 14.8 Å². The number of hydrogen-bond acceptors (Lipinski definition) is 4. The van der Waals surface area contributed by atoms with E-state index in [0.29, 0.717) is 6.07 Å². The molecule has 1 aliphatic rings. The van der Waals surface area contributed by atoms with Crippen LogP contribution in [0.25, 0.3) is 5.69 Å². The molecule has 5 nitrogen and oxygen atoms in total. The zero-order valence-electron chi connectivity index (χ0n) is 24.4. The fourth-order valence-electron chi connectivity index (χ4n) is 2.52. The fraction of sp³-hybridized carbons (Fsp3) is 0.300. The van der Waals surface area contributed by atoms with Crippen molar-refractivity contribution in [3.05, 3.63) is 59.9 Å². The highest BCUT2D eigenvalue weighted by Gasteiger charge is 2.16. The molecule has 2 heterocycles. The maximum absolute atomic E-state index is 13.8. The second-order valence-corrected chi connectivity index (χ2v) is 5.78. The molecule has 4 rings (SSSR count). The molecule has 0 saturated carbocycles. The van der Waals surface area contributed by atoms with Crippen molar-refractivity contribution in [2.75, 3.05) is 23.2 Å². The monoisotopic (exact) mass is 415 g/mol. The predicted octanol–water partition coefficient (Wildman–Crippen LogP) is 5.22. The van der Waals surface area contributed by atoms with Gasteiger partial charge in [-0.15, -0.1) is 5.10 Å². The van der Waals surface area contributed by atoms with Gasteiger partial charge in [0, 0.05) is 49.7 Å². The number of piperidine rings is 1. The van der Waals surface area contributed by atoms with E-state index in [4.69, 9.17) is 13.7 Å². The maximum atomic E-state index is 13.8. The Morgan fingerprint density at radius 1 is 0.966 bits per heavy atom. The lowest BCUT2D eigenvalue weighted by Gasteiger charge is -2.29. The summed E-state index contributed by atoms with van der Waals surface area (Å²) in [7, 11) is 0. The molecule has 0 amide bonds. The number of nitrogens with zero attached hydrogens (tertiary/aromatic N) is 4. The highest BCUT2D eigenvalue weighted by Crippen LogP contribution is 2.31. The van der Waals surface area contributed by atoms with Crippen molar-refractivity contribution in [2.24, 2.45) is 0 Å². The molecule has 152 valence electrons. The topological polar surface area (TPSA) is 46.0 Å². The van der Waals surface area contributed by atoms with E-state index >= 15 is 0 Å². The minimum Gasteiger partial charge on any atom is -0.371 e. The van der Waals surface area contributed by atoms with E-state index in [2.05, 4.69) is 15.4 Å². The summed E-state index contributed by atoms with van der Waals surface area (Å²) in [6, 6.07) is 5.28. The molecule has 2 aromatic carbocycles. The van der Waals surface area contributed by atoms with Crippen LogP contribution >= 0.6 is 0 Å². The Morgan fingerprint density at radius 3 is 2.48 bits per heavy atom. The number of benzene rings is 2. The van der Waals surface area contributed by atoms with Crippen molar-refractivity contribution < 1.29 is 31.3 Å². The molecular formula is C20H19F4N5. The molecule has 1 fully saturated rings. The van der Waals surface area contributed by atoms with E-state index in [0.717, 1.165) is 35.3 Å². The van der Waals surface area contributed by atoms with E-state index in [1.807, 2.05) is 0 Å². The number of aromatic nitrogens is 3. The molecule has 29 heavy (non-hydrogen) atoms. The zero-order chi connectivity index (χ0) is 29.3. The Hall–Kier alpha value is -3.10. The minimum absolute atomic E-state index is 0.0360. The lowest BCUT2D eigenvalue weighted by molar-refractivity contribution is 0.151. The van der Waals surface area contributed by atoms with E-state index in [1.54, 1.807) is 0 Å². The molecular weight excluding hydrogens is 386 g/mol. The van der Waals surface area contributed by atoms with Crippen LogP contribution in [0.1, 0.15) is 44.8 Å². The Kier molecular flexibility index (Phi) is 2.96. The highest BCUT2D eigenvalue weighted by molar-refractivity contribution is 5.64. The van der Waals surface area contributed by atoms with Crippen LogP contribution in [0.4, 0.5) is 34.9 Å². The van der Waals surface area contributed by atoms with E-state index < -0.39 is 61.4 Å². The molecule has 0 unspecified atom stereocenters. The average molecular weight is 415 g/mol. The fourth-order valence-corrected chi connectivity index (χ4v) is 2.52. The molecule has 0 radical (unpaired) electrons. The first-order chi connectivity index (χ1) is 17.8. The first-order valence-electron chi connectivity index (χ1n) is 13.1. The number of alkyl halides is 2. The van der Waals surface area contributed by atoms with E-state index in [9.17, 15) is 17.6 Å². The summed E-state index contributed by atoms with van der Waals surface area (Å²) in [6.07, 6.45) is -13.1. The van der Waals surface area contributed by atoms with Gasteiger partial charge in [0.1, 0.15) is 6.33 Å². The van der Waals surface area contributed by atoms with Crippen LogP contribution in [0.2, 0.25) is 0 Å². The Balaban J connectivity index is 1.80. The lowest BCUT2D eigenvalue weighted by atomic mass is 10.1. The maximum Gasteiger partial charge on any atom is 0.263 e. The summed E-state index contributed by atoms with van der Waals surface area (Å²) in [5.74, 6) is -2.53. The van der Waals surface area contributed by atoms with Gasteiger partial charge in [-0.2, -0.15) is 4.98 Å². The standard InChI is InChI=1S/C20H19F4N5/c21-17-5-4-15(11-18(17)22)29-12-25-20(27-29)26-14-8-13(19(23)24)9-16(10-14)28-6-2-1-3-7-28/h4-5,8-12,19H,1-3,6-7H2,(H,26,27)/i1D2,2D2,3D2,6D2,7D2. The molecule has 1 aliphatic heterocycles. The van der Waals surface area contributed by atoms with Gasteiger partial charge in [0.15, 0.2) is 11.6 Å². The summed E-state index contributed by atoms with van der Waals surface area (Å²) in [4.78, 5) is 3.85. The van der Waals surface area contributed by atoms with Crippen LogP contribution < -0.4 is 10.2 Å². The predicted molar refractivity (Wildman–Crippen MR) is 102 cm³/mol. The van der Waals surface area contributed by atoms with Crippen molar-refractivity contribution >= 4 is 17.3 Å². The van der Waals surface area contributed by atoms with Gasteiger partial charge in [-0.1, -0.05) is 0 Å². The Morgan fingerprint density at radius 2 is 1.76 bits per heavy atom. The summed E-state index contributed by atoms with van der Waals surface area (Å²) >= 11 is 0. The molecule has 1 N–H and O–H groups in total. The molecule has 3 aromatic rings. The quantitative estimate of drug-likeness (QED) is 0.581. The van der Waals surface area contributed by atoms with Crippen molar-refractivity contribution in [2.45, 2.75) is 25.5 Å². The summed E-state index contributed by atoms with van der Waals surface area (Å²) < 4.78 is 137. The van der Waals surface area contributed by atoms with Gasteiger partial charge in [0.05, 0.1) is 5.69 Å². The molecule has 0 bridgehead atoms. The van der Waals surface area contributed by atoms with Crippen molar-refractivity contribution in [3.63, 3.8) is 0 Å². The molecule has 1 aromatic heterocycles. The van der Waals surface area contributed by atoms with Gasteiger partial charge in [0.2, 0.25) is 5.95 Å². The lowest BCUT2D eigenvalue weighted by Crippen LogP contribution is -2.29. The van der Waals surface area contributed by atoms with Gasteiger partial charge in [-0.25, -0.2) is 22.2 Å². The van der Waals surface area contributed by atoms with Gasteiger partial charge in [-0.3, -0.25) is 0 Å². The molecule has 9 heteroatoms. The first kappa shape index (κ1) is 10.6. The normalized spacial score (nSPS) is 28.2. The van der Waals surface area contributed by atoms with Crippen LogP contribution in [0.3, 0.4) is 0 Å². The van der Waals surface area contributed by atoms with Crippen LogP contribution in [-0.4, -0.2) is 27.8 Å². The third kappa shape index (κ3) is 4.33. The SMILES string of the molecule is [2H]C1([2H])N(c2cc(Nc3ncn(-c4ccc(F)c(F)c4)n3)cc(C(F)F)c2)C([2H])([2H])C([2H])([2H])C([2H])([2H])C1([2H])[2H]. The zero-order valence-corrected chi connectivity index (χ0v) is 14.4. The van der Waals surface area contributed by atoms with Gasteiger partial charge in [-0.05, 0) is 49.5 Å². The van der Waals surface area contributed by atoms with Crippen LogP contribution in [0.15, 0.2) is 42.7 Å². The van der Waals surface area contributed by atoms with Gasteiger partial charge < -0.3 is 10.2 Å². The molecule has 0 aliphatic carbocycles. The Labute approximate surface area is 179 Å². The summed E-state index contributed by atoms with van der Waals surface area (Å²) in [6.45, 7) is -7.15. The number of hydrogen-bond donors (Lipinski definition) is 1. The molecule has 0 spiro atoms. The largest absolute Gasteiger partial charge is 0.371 e. The van der Waals surface area contributed by atoms with E-state index in [-0.39, 0.29) is 22.2 Å².